The molecule has 1 aliphatic rings. The number of benzene rings is 2. The predicted molar refractivity (Wildman–Crippen MR) is 135 cm³/mol. The van der Waals surface area contributed by atoms with Gasteiger partial charge in [0.1, 0.15) is 11.9 Å². The number of rotatable bonds is 8. The second kappa shape index (κ2) is 11.6. The topological polar surface area (TPSA) is 49.4 Å². The first kappa shape index (κ1) is 25.9. The van der Waals surface area contributed by atoms with Gasteiger partial charge in [0.05, 0.1) is 0 Å². The van der Waals surface area contributed by atoms with Crippen molar-refractivity contribution in [1.82, 2.24) is 10.2 Å². The number of hydrogen-bond donors (Lipinski definition) is 1. The second-order valence-electron chi connectivity index (χ2n) is 10.6. The van der Waals surface area contributed by atoms with E-state index in [1.165, 1.54) is 24.1 Å². The molecule has 0 heterocycles. The van der Waals surface area contributed by atoms with E-state index in [2.05, 4.69) is 50.4 Å². The first-order valence-electron chi connectivity index (χ1n) is 12.6. The highest BCUT2D eigenvalue weighted by molar-refractivity contribution is 5.87. The molecular formula is C29H39FN2O2. The second-order valence-corrected chi connectivity index (χ2v) is 10.6. The van der Waals surface area contributed by atoms with Crippen LogP contribution in [0.5, 0.6) is 0 Å². The Morgan fingerprint density at radius 2 is 1.56 bits per heavy atom. The zero-order chi connectivity index (χ0) is 24.7. The number of halogens is 1. The molecule has 3 rings (SSSR count). The third-order valence-electron chi connectivity index (χ3n) is 6.83. The van der Waals surface area contributed by atoms with Crippen LogP contribution in [0.1, 0.15) is 82.9 Å². The quantitative estimate of drug-likeness (QED) is 0.525. The molecular weight excluding hydrogens is 427 g/mol. The molecule has 5 heteroatoms. The standard InChI is InChI=1S/C29H39FN2O2/c1-21(28(34)31-26-8-6-5-7-9-26)32(20-23-12-17-25(30)18-13-23)27(33)19-14-22-10-15-24(16-11-22)29(2,3)4/h10-13,15-18,21,26H,5-9,14,19-20H2,1-4H3,(H,31,34). The van der Waals surface area contributed by atoms with Crippen molar-refractivity contribution in [2.45, 2.75) is 96.7 Å². The molecule has 4 nitrogen and oxygen atoms in total. The summed E-state index contributed by atoms with van der Waals surface area (Å²) < 4.78 is 13.4. The summed E-state index contributed by atoms with van der Waals surface area (Å²) in [5, 5.41) is 3.15. The summed E-state index contributed by atoms with van der Waals surface area (Å²) in [6.45, 7) is 8.61. The molecule has 0 aromatic heterocycles. The van der Waals surface area contributed by atoms with E-state index in [1.54, 1.807) is 24.0 Å². The van der Waals surface area contributed by atoms with Crippen molar-refractivity contribution < 1.29 is 14.0 Å². The molecule has 184 valence electrons. The molecule has 2 aromatic rings. The lowest BCUT2D eigenvalue weighted by atomic mass is 9.86. The van der Waals surface area contributed by atoms with Crippen LogP contribution in [-0.2, 0) is 28.0 Å². The van der Waals surface area contributed by atoms with Gasteiger partial charge in [0.25, 0.3) is 0 Å². The van der Waals surface area contributed by atoms with E-state index in [1.807, 2.05) is 0 Å². The smallest absolute Gasteiger partial charge is 0.242 e. The Labute approximate surface area is 203 Å². The fourth-order valence-corrected chi connectivity index (χ4v) is 4.50. The molecule has 0 aliphatic heterocycles. The highest BCUT2D eigenvalue weighted by atomic mass is 19.1. The number of carbonyl (C=O) groups is 2. The normalized spacial score (nSPS) is 15.6. The number of carbonyl (C=O) groups excluding carboxylic acids is 2. The molecule has 0 radical (unpaired) electrons. The molecule has 34 heavy (non-hydrogen) atoms. The Bertz CT molecular complexity index is 942. The van der Waals surface area contributed by atoms with Crippen LogP contribution in [0.3, 0.4) is 0 Å². The number of aryl methyl sites for hydroxylation is 1. The molecule has 0 spiro atoms. The van der Waals surface area contributed by atoms with Gasteiger partial charge >= 0.3 is 0 Å². The Morgan fingerprint density at radius 3 is 2.15 bits per heavy atom. The highest BCUT2D eigenvalue weighted by Gasteiger charge is 2.28. The maximum atomic E-state index is 13.4. The van der Waals surface area contributed by atoms with Crippen molar-refractivity contribution in [3.05, 3.63) is 71.0 Å². The van der Waals surface area contributed by atoms with Gasteiger partial charge in [-0.05, 0) is 60.4 Å². The van der Waals surface area contributed by atoms with Crippen LogP contribution < -0.4 is 5.32 Å². The molecule has 1 unspecified atom stereocenters. The lowest BCUT2D eigenvalue weighted by Crippen LogP contribution is -2.50. The molecule has 1 N–H and O–H groups in total. The summed E-state index contributed by atoms with van der Waals surface area (Å²) in [6, 6.07) is 14.1. The van der Waals surface area contributed by atoms with Crippen LogP contribution >= 0.6 is 0 Å². The minimum Gasteiger partial charge on any atom is -0.352 e. The molecule has 0 saturated heterocycles. The van der Waals surface area contributed by atoms with Crippen LogP contribution in [0.15, 0.2) is 48.5 Å². The van der Waals surface area contributed by atoms with Gasteiger partial charge in [0, 0.05) is 19.0 Å². The molecule has 1 aliphatic carbocycles. The maximum absolute atomic E-state index is 13.4. The predicted octanol–water partition coefficient (Wildman–Crippen LogP) is 5.92. The minimum absolute atomic E-state index is 0.0736. The Balaban J connectivity index is 1.69. The van der Waals surface area contributed by atoms with E-state index in [0.717, 1.165) is 36.8 Å². The lowest BCUT2D eigenvalue weighted by Gasteiger charge is -2.31. The summed E-state index contributed by atoms with van der Waals surface area (Å²) in [6.07, 6.45) is 6.39. The zero-order valence-corrected chi connectivity index (χ0v) is 21.1. The average molecular weight is 467 g/mol. The Hall–Kier alpha value is -2.69. The van der Waals surface area contributed by atoms with E-state index in [9.17, 15) is 14.0 Å². The van der Waals surface area contributed by atoms with E-state index < -0.39 is 6.04 Å². The largest absolute Gasteiger partial charge is 0.352 e. The maximum Gasteiger partial charge on any atom is 0.242 e. The Morgan fingerprint density at radius 1 is 0.971 bits per heavy atom. The van der Waals surface area contributed by atoms with Gasteiger partial charge in [0.15, 0.2) is 0 Å². The van der Waals surface area contributed by atoms with E-state index in [4.69, 9.17) is 0 Å². The zero-order valence-electron chi connectivity index (χ0n) is 21.1. The molecule has 1 atom stereocenters. The summed E-state index contributed by atoms with van der Waals surface area (Å²) in [5.74, 6) is -0.504. The lowest BCUT2D eigenvalue weighted by molar-refractivity contribution is -0.141. The fraction of sp³-hybridized carbons (Fsp3) is 0.517. The van der Waals surface area contributed by atoms with Crippen LogP contribution in [0.25, 0.3) is 0 Å². The number of nitrogens with zero attached hydrogens (tertiary/aromatic N) is 1. The van der Waals surface area contributed by atoms with Crippen LogP contribution in [0.2, 0.25) is 0 Å². The van der Waals surface area contributed by atoms with Crippen molar-refractivity contribution in [3.63, 3.8) is 0 Å². The van der Waals surface area contributed by atoms with Crippen LogP contribution in [0, 0.1) is 5.82 Å². The summed E-state index contributed by atoms with van der Waals surface area (Å²) in [4.78, 5) is 28.0. The van der Waals surface area contributed by atoms with Crippen LogP contribution in [-0.4, -0.2) is 28.8 Å². The van der Waals surface area contributed by atoms with Gasteiger partial charge in [-0.1, -0.05) is 76.4 Å². The molecule has 2 amide bonds. The minimum atomic E-state index is -0.595. The third kappa shape index (κ3) is 7.41. The molecule has 1 saturated carbocycles. The third-order valence-corrected chi connectivity index (χ3v) is 6.83. The fourth-order valence-electron chi connectivity index (χ4n) is 4.50. The van der Waals surface area contributed by atoms with E-state index in [-0.39, 0.29) is 35.6 Å². The van der Waals surface area contributed by atoms with Crippen molar-refractivity contribution in [3.8, 4) is 0 Å². The van der Waals surface area contributed by atoms with Crippen molar-refractivity contribution in [2.24, 2.45) is 0 Å². The van der Waals surface area contributed by atoms with Gasteiger partial charge in [0.2, 0.25) is 11.8 Å². The van der Waals surface area contributed by atoms with Gasteiger partial charge in [-0.25, -0.2) is 4.39 Å². The first-order chi connectivity index (χ1) is 16.1. The Kier molecular flexibility index (Phi) is 8.87. The van der Waals surface area contributed by atoms with Crippen LogP contribution in [0.4, 0.5) is 4.39 Å². The van der Waals surface area contributed by atoms with Crippen molar-refractivity contribution in [1.29, 1.82) is 0 Å². The van der Waals surface area contributed by atoms with Crippen molar-refractivity contribution in [2.75, 3.05) is 0 Å². The van der Waals surface area contributed by atoms with Gasteiger partial charge < -0.3 is 10.2 Å². The summed E-state index contributed by atoms with van der Waals surface area (Å²) in [5.41, 5.74) is 3.25. The van der Waals surface area contributed by atoms with Gasteiger partial charge in [-0.2, -0.15) is 0 Å². The monoisotopic (exact) mass is 466 g/mol. The number of hydrogen-bond acceptors (Lipinski definition) is 2. The first-order valence-corrected chi connectivity index (χ1v) is 12.6. The average Bonchev–Trinajstić information content (AvgIpc) is 2.82. The molecule has 1 fully saturated rings. The van der Waals surface area contributed by atoms with Crippen molar-refractivity contribution >= 4 is 11.8 Å². The van der Waals surface area contributed by atoms with Gasteiger partial charge in [-0.15, -0.1) is 0 Å². The SMILES string of the molecule is CC(C(=O)NC1CCCCC1)N(Cc1ccc(F)cc1)C(=O)CCc1ccc(C(C)(C)C)cc1. The van der Waals surface area contributed by atoms with Gasteiger partial charge in [-0.3, -0.25) is 9.59 Å². The molecule has 2 aromatic carbocycles. The molecule has 0 bridgehead atoms. The van der Waals surface area contributed by atoms with E-state index in [0.29, 0.717) is 12.8 Å². The highest BCUT2D eigenvalue weighted by Crippen LogP contribution is 2.23. The van der Waals surface area contributed by atoms with E-state index >= 15 is 0 Å². The number of amides is 2. The number of nitrogens with one attached hydrogen (secondary N) is 1. The summed E-state index contributed by atoms with van der Waals surface area (Å²) >= 11 is 0. The summed E-state index contributed by atoms with van der Waals surface area (Å²) in [7, 11) is 0.